The Morgan fingerprint density at radius 2 is 2.29 bits per heavy atom. The number of rotatable bonds is 1. The van der Waals surface area contributed by atoms with E-state index >= 15 is 0 Å². The van der Waals surface area contributed by atoms with Gasteiger partial charge in [-0.15, -0.1) is 0 Å². The molecule has 0 saturated heterocycles. The summed E-state index contributed by atoms with van der Waals surface area (Å²) >= 11 is 0. The van der Waals surface area contributed by atoms with Gasteiger partial charge in [0, 0.05) is 12.0 Å². The molecule has 1 unspecified atom stereocenters. The molecule has 0 aliphatic heterocycles. The van der Waals surface area contributed by atoms with Crippen molar-refractivity contribution in [2.24, 2.45) is 5.73 Å². The number of halogens is 1. The van der Waals surface area contributed by atoms with Crippen LogP contribution in [0.15, 0.2) is 18.2 Å². The number of hydrogen-bond acceptors (Lipinski definition) is 1. The average molecular weight is 193 g/mol. The molecule has 1 atom stereocenters. The van der Waals surface area contributed by atoms with E-state index in [0.29, 0.717) is 6.54 Å². The van der Waals surface area contributed by atoms with Crippen molar-refractivity contribution in [1.82, 2.24) is 0 Å². The predicted octanol–water partition coefficient (Wildman–Crippen LogP) is 2.38. The highest BCUT2D eigenvalue weighted by Crippen LogP contribution is 2.37. The standard InChI is InChI=1S/C12H16FN/c1-12(8-14)7-3-5-9-4-2-6-10(13)11(9)12/h2,4,6H,3,5,7-8,14H2,1H3. The van der Waals surface area contributed by atoms with E-state index < -0.39 is 0 Å². The summed E-state index contributed by atoms with van der Waals surface area (Å²) < 4.78 is 13.7. The molecule has 76 valence electrons. The van der Waals surface area contributed by atoms with Crippen LogP contribution in [-0.4, -0.2) is 6.54 Å². The van der Waals surface area contributed by atoms with E-state index in [9.17, 15) is 4.39 Å². The van der Waals surface area contributed by atoms with Crippen LogP contribution in [-0.2, 0) is 11.8 Å². The van der Waals surface area contributed by atoms with Crippen molar-refractivity contribution in [3.05, 3.63) is 35.1 Å². The van der Waals surface area contributed by atoms with E-state index in [4.69, 9.17) is 5.73 Å². The Morgan fingerprint density at radius 3 is 3.00 bits per heavy atom. The number of nitrogens with two attached hydrogens (primary N) is 1. The lowest BCUT2D eigenvalue weighted by atomic mass is 9.71. The monoisotopic (exact) mass is 193 g/mol. The van der Waals surface area contributed by atoms with Crippen LogP contribution in [0.3, 0.4) is 0 Å². The summed E-state index contributed by atoms with van der Waals surface area (Å²) in [5, 5.41) is 0. The Balaban J connectivity index is 2.58. The van der Waals surface area contributed by atoms with Crippen molar-refractivity contribution in [2.75, 3.05) is 6.54 Å². The zero-order valence-electron chi connectivity index (χ0n) is 8.52. The van der Waals surface area contributed by atoms with Crippen molar-refractivity contribution in [3.8, 4) is 0 Å². The molecule has 1 aromatic rings. The molecule has 2 N–H and O–H groups in total. The zero-order chi connectivity index (χ0) is 10.2. The molecule has 0 aromatic heterocycles. The van der Waals surface area contributed by atoms with Gasteiger partial charge >= 0.3 is 0 Å². The van der Waals surface area contributed by atoms with Gasteiger partial charge in [0.25, 0.3) is 0 Å². The minimum Gasteiger partial charge on any atom is -0.330 e. The first-order valence-electron chi connectivity index (χ1n) is 5.15. The number of fused-ring (bicyclic) bond motifs is 1. The smallest absolute Gasteiger partial charge is 0.127 e. The number of benzene rings is 1. The first kappa shape index (κ1) is 9.66. The second-order valence-corrected chi connectivity index (χ2v) is 4.39. The van der Waals surface area contributed by atoms with Crippen molar-refractivity contribution in [3.63, 3.8) is 0 Å². The molecule has 1 nitrogen and oxygen atoms in total. The number of hydrogen-bond donors (Lipinski definition) is 1. The molecule has 0 bridgehead atoms. The van der Waals surface area contributed by atoms with Crippen LogP contribution >= 0.6 is 0 Å². The van der Waals surface area contributed by atoms with Gasteiger partial charge < -0.3 is 5.73 Å². The van der Waals surface area contributed by atoms with E-state index in [1.54, 1.807) is 6.07 Å². The molecule has 2 heteroatoms. The lowest BCUT2D eigenvalue weighted by Gasteiger charge is -2.35. The Kier molecular flexibility index (Phi) is 2.31. The molecular weight excluding hydrogens is 177 g/mol. The van der Waals surface area contributed by atoms with Crippen LogP contribution in [0.25, 0.3) is 0 Å². The molecule has 0 saturated carbocycles. The van der Waals surface area contributed by atoms with Crippen molar-refractivity contribution >= 4 is 0 Å². The minimum atomic E-state index is -0.154. The van der Waals surface area contributed by atoms with Gasteiger partial charge in [-0.05, 0) is 36.5 Å². The van der Waals surface area contributed by atoms with Crippen molar-refractivity contribution in [2.45, 2.75) is 31.6 Å². The quantitative estimate of drug-likeness (QED) is 0.728. The first-order valence-corrected chi connectivity index (χ1v) is 5.15. The lowest BCUT2D eigenvalue weighted by Crippen LogP contribution is -2.36. The second-order valence-electron chi connectivity index (χ2n) is 4.39. The third-order valence-corrected chi connectivity index (χ3v) is 3.33. The average Bonchev–Trinajstić information content (AvgIpc) is 2.18. The molecule has 14 heavy (non-hydrogen) atoms. The topological polar surface area (TPSA) is 26.0 Å². The molecule has 0 amide bonds. The van der Waals surface area contributed by atoms with Crippen LogP contribution in [0.4, 0.5) is 4.39 Å². The van der Waals surface area contributed by atoms with Crippen molar-refractivity contribution < 1.29 is 4.39 Å². The molecular formula is C12H16FN. The molecule has 0 radical (unpaired) electrons. The highest BCUT2D eigenvalue weighted by Gasteiger charge is 2.33. The van der Waals surface area contributed by atoms with Gasteiger partial charge in [0.2, 0.25) is 0 Å². The fraction of sp³-hybridized carbons (Fsp3) is 0.500. The third-order valence-electron chi connectivity index (χ3n) is 3.33. The van der Waals surface area contributed by atoms with E-state index in [1.807, 2.05) is 6.07 Å². The van der Waals surface area contributed by atoms with Gasteiger partial charge in [0.15, 0.2) is 0 Å². The van der Waals surface area contributed by atoms with Gasteiger partial charge in [0.1, 0.15) is 5.82 Å². The molecule has 1 aromatic carbocycles. The van der Waals surface area contributed by atoms with Crippen LogP contribution in [0.5, 0.6) is 0 Å². The maximum Gasteiger partial charge on any atom is 0.127 e. The van der Waals surface area contributed by atoms with E-state index in [0.717, 1.165) is 30.4 Å². The summed E-state index contributed by atoms with van der Waals surface area (Å²) in [6.07, 6.45) is 3.10. The fourth-order valence-corrected chi connectivity index (χ4v) is 2.45. The number of aryl methyl sites for hydroxylation is 1. The van der Waals surface area contributed by atoms with E-state index in [1.165, 1.54) is 6.07 Å². The van der Waals surface area contributed by atoms with Gasteiger partial charge in [-0.1, -0.05) is 19.1 Å². The molecule has 0 heterocycles. The normalized spacial score (nSPS) is 25.9. The summed E-state index contributed by atoms with van der Waals surface area (Å²) in [6.45, 7) is 2.59. The first-order chi connectivity index (χ1) is 6.67. The highest BCUT2D eigenvalue weighted by atomic mass is 19.1. The van der Waals surface area contributed by atoms with Crippen LogP contribution in [0, 0.1) is 5.82 Å². The fourth-order valence-electron chi connectivity index (χ4n) is 2.45. The Hall–Kier alpha value is -0.890. The summed E-state index contributed by atoms with van der Waals surface area (Å²) in [5.41, 5.74) is 7.60. The van der Waals surface area contributed by atoms with Gasteiger partial charge in [-0.25, -0.2) is 4.39 Å². The molecule has 1 aliphatic rings. The van der Waals surface area contributed by atoms with Crippen LogP contribution in [0.1, 0.15) is 30.9 Å². The summed E-state index contributed by atoms with van der Waals surface area (Å²) in [6, 6.07) is 5.35. The maximum absolute atomic E-state index is 13.7. The van der Waals surface area contributed by atoms with Gasteiger partial charge in [0.05, 0.1) is 0 Å². The lowest BCUT2D eigenvalue weighted by molar-refractivity contribution is 0.383. The molecule has 0 spiro atoms. The largest absolute Gasteiger partial charge is 0.330 e. The maximum atomic E-state index is 13.7. The van der Waals surface area contributed by atoms with Crippen LogP contribution in [0.2, 0.25) is 0 Å². The summed E-state index contributed by atoms with van der Waals surface area (Å²) in [4.78, 5) is 0. The zero-order valence-corrected chi connectivity index (χ0v) is 8.52. The Labute approximate surface area is 84.1 Å². The molecule has 2 rings (SSSR count). The summed E-state index contributed by atoms with van der Waals surface area (Å²) in [5.74, 6) is -0.0878. The third kappa shape index (κ3) is 1.34. The van der Waals surface area contributed by atoms with Gasteiger partial charge in [-0.2, -0.15) is 0 Å². The van der Waals surface area contributed by atoms with E-state index in [-0.39, 0.29) is 11.2 Å². The summed E-state index contributed by atoms with van der Waals surface area (Å²) in [7, 11) is 0. The van der Waals surface area contributed by atoms with Gasteiger partial charge in [-0.3, -0.25) is 0 Å². The van der Waals surface area contributed by atoms with E-state index in [2.05, 4.69) is 6.92 Å². The minimum absolute atomic E-state index is 0.0878. The Morgan fingerprint density at radius 1 is 1.50 bits per heavy atom. The molecule has 1 aliphatic carbocycles. The SMILES string of the molecule is CC1(CN)CCCc2cccc(F)c21. The van der Waals surface area contributed by atoms with Crippen molar-refractivity contribution in [1.29, 1.82) is 0 Å². The Bertz CT molecular complexity index is 348. The van der Waals surface area contributed by atoms with Crippen LogP contribution < -0.4 is 5.73 Å². The highest BCUT2D eigenvalue weighted by molar-refractivity contribution is 5.37. The predicted molar refractivity (Wildman–Crippen MR) is 55.7 cm³/mol. The second kappa shape index (κ2) is 3.35. The molecule has 0 fully saturated rings.